The number of allylic oxidation sites excluding steroid dienone is 2. The van der Waals surface area contributed by atoms with Crippen LogP contribution in [0.15, 0.2) is 28.8 Å². The molecule has 1 aromatic carbocycles. The molecule has 4 heteroatoms. The van der Waals surface area contributed by atoms with E-state index in [1.807, 2.05) is 26.0 Å². The van der Waals surface area contributed by atoms with Crippen LogP contribution in [0.1, 0.15) is 17.5 Å². The molecule has 2 fully saturated rings. The highest BCUT2D eigenvalue weighted by Crippen LogP contribution is 2.53. The average molecular weight is 346 g/mol. The average Bonchev–Trinajstić information content (AvgIpc) is 3.06. The Morgan fingerprint density at radius 1 is 1.00 bits per heavy atom. The summed E-state index contributed by atoms with van der Waals surface area (Å²) < 4.78 is 0.974. The first-order chi connectivity index (χ1) is 9.99. The molecule has 0 aromatic heterocycles. The van der Waals surface area contributed by atoms with Crippen molar-refractivity contribution < 1.29 is 9.59 Å². The van der Waals surface area contributed by atoms with Crippen molar-refractivity contribution in [1.82, 2.24) is 0 Å². The Morgan fingerprint density at radius 2 is 1.48 bits per heavy atom. The second-order valence-corrected chi connectivity index (χ2v) is 7.32. The van der Waals surface area contributed by atoms with Gasteiger partial charge in [-0.2, -0.15) is 0 Å². The number of amides is 2. The van der Waals surface area contributed by atoms with E-state index in [0.717, 1.165) is 27.7 Å². The van der Waals surface area contributed by atoms with Crippen LogP contribution < -0.4 is 4.90 Å². The number of halogens is 1. The number of aryl methyl sites for hydroxylation is 2. The molecule has 4 unspecified atom stereocenters. The molecule has 2 amide bonds. The van der Waals surface area contributed by atoms with E-state index in [0.29, 0.717) is 0 Å². The molecular weight excluding hydrogens is 330 g/mol. The maximum absolute atomic E-state index is 12.8. The molecule has 1 aromatic rings. The van der Waals surface area contributed by atoms with Crippen LogP contribution in [0.3, 0.4) is 0 Å². The highest BCUT2D eigenvalue weighted by molar-refractivity contribution is 9.10. The fraction of sp³-hybridized carbons (Fsp3) is 0.412. The van der Waals surface area contributed by atoms with Crippen molar-refractivity contribution in [2.45, 2.75) is 20.3 Å². The first kappa shape index (κ1) is 13.3. The molecule has 3 aliphatic rings. The second kappa shape index (κ2) is 4.29. The molecule has 0 spiro atoms. The Hall–Kier alpha value is -1.42. The molecule has 21 heavy (non-hydrogen) atoms. The van der Waals surface area contributed by atoms with E-state index in [-0.39, 0.29) is 35.5 Å². The Labute approximate surface area is 132 Å². The number of carbonyl (C=O) groups excluding carboxylic acids is 2. The van der Waals surface area contributed by atoms with Crippen molar-refractivity contribution in [3.05, 3.63) is 39.9 Å². The minimum Gasteiger partial charge on any atom is -0.274 e. The smallest absolute Gasteiger partial charge is 0.238 e. The van der Waals surface area contributed by atoms with Crippen molar-refractivity contribution in [2.24, 2.45) is 23.7 Å². The van der Waals surface area contributed by atoms with Crippen LogP contribution in [0, 0.1) is 37.5 Å². The SMILES string of the molecule is Cc1cc(Br)cc(C)c1N1C(=O)C2C3C=CC(C3)C2C1=O. The van der Waals surface area contributed by atoms with Crippen molar-refractivity contribution in [1.29, 1.82) is 0 Å². The fourth-order valence-corrected chi connectivity index (χ4v) is 5.07. The van der Waals surface area contributed by atoms with Gasteiger partial charge in [0.1, 0.15) is 0 Å². The largest absolute Gasteiger partial charge is 0.274 e. The summed E-state index contributed by atoms with van der Waals surface area (Å²) in [4.78, 5) is 27.1. The van der Waals surface area contributed by atoms with Gasteiger partial charge >= 0.3 is 0 Å². The van der Waals surface area contributed by atoms with Crippen molar-refractivity contribution in [2.75, 3.05) is 4.90 Å². The normalized spacial score (nSPS) is 33.2. The first-order valence-corrected chi connectivity index (χ1v) is 8.11. The van der Waals surface area contributed by atoms with Gasteiger partial charge in [-0.05, 0) is 55.4 Å². The second-order valence-electron chi connectivity index (χ2n) is 6.40. The molecule has 1 heterocycles. The van der Waals surface area contributed by atoms with E-state index in [9.17, 15) is 9.59 Å². The number of rotatable bonds is 1. The molecule has 0 radical (unpaired) electrons. The summed E-state index contributed by atoms with van der Waals surface area (Å²) in [5.74, 6) is 0.255. The molecule has 108 valence electrons. The first-order valence-electron chi connectivity index (χ1n) is 7.32. The minimum atomic E-state index is -0.130. The predicted molar refractivity (Wildman–Crippen MR) is 83.8 cm³/mol. The van der Waals surface area contributed by atoms with Crippen molar-refractivity contribution in [3.8, 4) is 0 Å². The van der Waals surface area contributed by atoms with E-state index >= 15 is 0 Å². The van der Waals surface area contributed by atoms with E-state index in [2.05, 4.69) is 28.1 Å². The van der Waals surface area contributed by atoms with Crippen LogP contribution >= 0.6 is 15.9 Å². The lowest BCUT2D eigenvalue weighted by Crippen LogP contribution is -2.34. The van der Waals surface area contributed by atoms with Gasteiger partial charge in [-0.15, -0.1) is 0 Å². The monoisotopic (exact) mass is 345 g/mol. The molecule has 1 aliphatic heterocycles. The van der Waals surface area contributed by atoms with Crippen LogP contribution in [0.25, 0.3) is 0 Å². The van der Waals surface area contributed by atoms with Crippen molar-refractivity contribution in [3.63, 3.8) is 0 Å². The Morgan fingerprint density at radius 3 is 1.95 bits per heavy atom. The lowest BCUT2D eigenvalue weighted by Gasteiger charge is -2.22. The van der Waals surface area contributed by atoms with Gasteiger partial charge in [0, 0.05) is 4.47 Å². The van der Waals surface area contributed by atoms with Gasteiger partial charge in [-0.25, -0.2) is 4.90 Å². The van der Waals surface area contributed by atoms with E-state index in [4.69, 9.17) is 0 Å². The number of imide groups is 1. The third-order valence-electron chi connectivity index (χ3n) is 5.15. The number of benzene rings is 1. The summed E-state index contributed by atoms with van der Waals surface area (Å²) in [5, 5.41) is 0. The standard InChI is InChI=1S/C17H16BrNO2/c1-8-5-12(18)6-9(2)15(8)19-16(20)13-10-3-4-11(7-10)14(13)17(19)21/h3-6,10-11,13-14H,7H2,1-2H3. The maximum atomic E-state index is 12.8. The van der Waals surface area contributed by atoms with Crippen LogP contribution in [0.2, 0.25) is 0 Å². The number of anilines is 1. The molecule has 4 rings (SSSR count). The summed E-state index contributed by atoms with van der Waals surface area (Å²) in [5.41, 5.74) is 2.70. The highest BCUT2D eigenvalue weighted by atomic mass is 79.9. The zero-order chi connectivity index (χ0) is 14.9. The lowest BCUT2D eigenvalue weighted by molar-refractivity contribution is -0.123. The molecule has 4 atom stereocenters. The van der Waals surface area contributed by atoms with E-state index in [1.165, 1.54) is 4.90 Å². The number of hydrogen-bond acceptors (Lipinski definition) is 2. The van der Waals surface area contributed by atoms with Gasteiger partial charge in [0.05, 0.1) is 17.5 Å². The molecule has 1 saturated carbocycles. The predicted octanol–water partition coefficient (Wildman–Crippen LogP) is 3.38. The quantitative estimate of drug-likeness (QED) is 0.578. The summed E-state index contributed by atoms with van der Waals surface area (Å²) in [6.45, 7) is 3.91. The van der Waals surface area contributed by atoms with Gasteiger partial charge in [-0.3, -0.25) is 9.59 Å². The minimum absolute atomic E-state index is 0.00428. The Balaban J connectivity index is 1.82. The van der Waals surface area contributed by atoms with Crippen molar-refractivity contribution >= 4 is 33.4 Å². The molecule has 0 N–H and O–H groups in total. The molecular formula is C17H16BrNO2. The zero-order valence-electron chi connectivity index (χ0n) is 12.0. The third kappa shape index (κ3) is 1.65. The summed E-state index contributed by atoms with van der Waals surface area (Å²) in [6.07, 6.45) is 5.22. The Bertz CT molecular complexity index is 656. The van der Waals surface area contributed by atoms with Gasteiger partial charge in [0.15, 0.2) is 0 Å². The van der Waals surface area contributed by atoms with Gasteiger partial charge < -0.3 is 0 Å². The van der Waals surface area contributed by atoms with Gasteiger partial charge in [0.25, 0.3) is 0 Å². The maximum Gasteiger partial charge on any atom is 0.238 e. The zero-order valence-corrected chi connectivity index (χ0v) is 13.6. The topological polar surface area (TPSA) is 37.4 Å². The molecule has 2 bridgehead atoms. The Kier molecular flexibility index (Phi) is 2.71. The molecule has 2 aliphatic carbocycles. The number of carbonyl (C=O) groups is 2. The van der Waals surface area contributed by atoms with Crippen LogP contribution in [0.4, 0.5) is 5.69 Å². The summed E-state index contributed by atoms with van der Waals surface area (Å²) >= 11 is 3.47. The number of fused-ring (bicyclic) bond motifs is 5. The summed E-state index contributed by atoms with van der Waals surface area (Å²) in [6, 6.07) is 3.92. The summed E-state index contributed by atoms with van der Waals surface area (Å²) in [7, 11) is 0. The van der Waals surface area contributed by atoms with Gasteiger partial charge in [0.2, 0.25) is 11.8 Å². The van der Waals surface area contributed by atoms with Crippen LogP contribution in [0.5, 0.6) is 0 Å². The number of nitrogens with zero attached hydrogens (tertiary/aromatic N) is 1. The fourth-order valence-electron chi connectivity index (χ4n) is 4.38. The van der Waals surface area contributed by atoms with E-state index < -0.39 is 0 Å². The highest BCUT2D eigenvalue weighted by Gasteiger charge is 2.59. The van der Waals surface area contributed by atoms with Crippen LogP contribution in [-0.2, 0) is 9.59 Å². The number of hydrogen-bond donors (Lipinski definition) is 0. The molecule has 1 saturated heterocycles. The van der Waals surface area contributed by atoms with Crippen LogP contribution in [-0.4, -0.2) is 11.8 Å². The molecule has 3 nitrogen and oxygen atoms in total. The lowest BCUT2D eigenvalue weighted by atomic mass is 9.85. The van der Waals surface area contributed by atoms with E-state index in [1.54, 1.807) is 0 Å². The van der Waals surface area contributed by atoms with Gasteiger partial charge in [-0.1, -0.05) is 28.1 Å². The third-order valence-corrected chi connectivity index (χ3v) is 5.61.